The molecule has 36 heavy (non-hydrogen) atoms. The third kappa shape index (κ3) is 12.9. The molecule has 10 nitrogen and oxygen atoms in total. The summed E-state index contributed by atoms with van der Waals surface area (Å²) < 4.78 is 26.4. The highest BCUT2D eigenvalue weighted by molar-refractivity contribution is 7.74. The third-order valence-electron chi connectivity index (χ3n) is 6.73. The second-order valence-electron chi connectivity index (χ2n) is 9.91. The summed E-state index contributed by atoms with van der Waals surface area (Å²) in [4.78, 5) is 0. The molecule has 1 heterocycles. The highest BCUT2D eigenvalue weighted by atomic mass is 32.2. The van der Waals surface area contributed by atoms with Gasteiger partial charge in [0.15, 0.2) is 6.29 Å². The Labute approximate surface area is 218 Å². The first-order valence-electron chi connectivity index (χ1n) is 13.6. The van der Waals surface area contributed by atoms with Gasteiger partial charge >= 0.3 is 0 Å². The van der Waals surface area contributed by atoms with Crippen molar-refractivity contribution in [2.24, 2.45) is 4.36 Å². The molecule has 0 amide bonds. The van der Waals surface area contributed by atoms with Gasteiger partial charge in [-0.25, -0.2) is 4.36 Å². The summed E-state index contributed by atoms with van der Waals surface area (Å²) >= 11 is 0. The number of nitrogens with zero attached hydrogens (tertiary/aromatic N) is 1. The fourth-order valence-corrected chi connectivity index (χ4v) is 5.05. The minimum Gasteiger partial charge on any atom is -0.394 e. The van der Waals surface area contributed by atoms with E-state index in [2.05, 4.69) is 11.3 Å². The SMILES string of the molecule is CCCCCCCCCCCCCC[C@@H](O)[C@@H](O)[C@H](COC1OC(CO)C(O)C(O)C1O)/N=[SH](/C)=O. The van der Waals surface area contributed by atoms with Gasteiger partial charge < -0.3 is 40.1 Å². The Balaban J connectivity index is 2.36. The van der Waals surface area contributed by atoms with Crippen LogP contribution >= 0.6 is 0 Å². The van der Waals surface area contributed by atoms with Crippen LogP contribution in [0, 0.1) is 0 Å². The lowest BCUT2D eigenvalue weighted by Crippen LogP contribution is -2.59. The second kappa shape index (κ2) is 19.7. The van der Waals surface area contributed by atoms with Crippen LogP contribution in [0.25, 0.3) is 0 Å². The number of aliphatic hydroxyl groups excluding tert-OH is 6. The number of hydrogen-bond donors (Lipinski definition) is 7. The van der Waals surface area contributed by atoms with Crippen LogP contribution in [0.3, 0.4) is 0 Å². The maximum Gasteiger partial charge on any atom is 0.186 e. The molecule has 0 radical (unpaired) electrons. The summed E-state index contributed by atoms with van der Waals surface area (Å²) in [7, 11) is -2.00. The molecule has 0 spiro atoms. The minimum absolute atomic E-state index is 0.339. The zero-order chi connectivity index (χ0) is 26.9. The van der Waals surface area contributed by atoms with Gasteiger partial charge in [0.25, 0.3) is 0 Å². The van der Waals surface area contributed by atoms with Crippen LogP contribution in [0.1, 0.15) is 90.4 Å². The lowest BCUT2D eigenvalue weighted by Gasteiger charge is -2.40. The smallest absolute Gasteiger partial charge is 0.186 e. The second-order valence-corrected chi connectivity index (χ2v) is 11.1. The molecular weight excluding hydrogens is 490 g/mol. The molecule has 0 aromatic rings. The molecule has 1 saturated heterocycles. The predicted molar refractivity (Wildman–Crippen MR) is 139 cm³/mol. The number of thiol groups is 1. The molecule has 1 fully saturated rings. The fraction of sp³-hybridized carbons (Fsp3) is 1.00. The Bertz CT molecular complexity index is 633. The number of rotatable bonds is 20. The van der Waals surface area contributed by atoms with Crippen LogP contribution in [-0.4, -0.2) is 103 Å². The molecule has 0 aromatic carbocycles. The molecule has 0 aromatic heterocycles. The average Bonchev–Trinajstić information content (AvgIpc) is 2.86. The van der Waals surface area contributed by atoms with Crippen molar-refractivity contribution in [3.63, 3.8) is 0 Å². The summed E-state index contributed by atoms with van der Waals surface area (Å²) in [6.07, 6.45) is 6.39. The van der Waals surface area contributed by atoms with Gasteiger partial charge in [0, 0.05) is 16.9 Å². The van der Waals surface area contributed by atoms with E-state index in [4.69, 9.17) is 9.47 Å². The van der Waals surface area contributed by atoms with Crippen molar-refractivity contribution < 1.29 is 44.3 Å². The van der Waals surface area contributed by atoms with Crippen LogP contribution in [0.2, 0.25) is 0 Å². The Hall–Kier alpha value is -0.370. The lowest BCUT2D eigenvalue weighted by molar-refractivity contribution is -0.302. The van der Waals surface area contributed by atoms with Crippen molar-refractivity contribution in [3.8, 4) is 0 Å². The number of ether oxygens (including phenoxy) is 2. The standard InChI is InChI=1S/C25H51NO9S/c1-3-4-5-6-7-8-9-10-11-12-13-14-15-19(28)21(29)18(26-36(2)33)17-34-25-24(32)23(31)22(30)20(16-27)35-25/h18-25,27-32,36H,3-17H2,1-2H3/t18-,19+,20?,21-,22?,23?,24?,25?/m0/s1. The van der Waals surface area contributed by atoms with E-state index in [1.807, 2.05) is 0 Å². The summed E-state index contributed by atoms with van der Waals surface area (Å²) in [5.41, 5.74) is 0. The number of hydrogen-bond acceptors (Lipinski definition) is 10. The van der Waals surface area contributed by atoms with Gasteiger partial charge in [-0.2, -0.15) is 0 Å². The van der Waals surface area contributed by atoms with E-state index in [-0.39, 0.29) is 6.61 Å². The Kier molecular flexibility index (Phi) is 18.4. The molecule has 0 bridgehead atoms. The van der Waals surface area contributed by atoms with Crippen molar-refractivity contribution in [2.75, 3.05) is 19.5 Å². The highest BCUT2D eigenvalue weighted by Crippen LogP contribution is 2.23. The molecule has 0 saturated carbocycles. The van der Waals surface area contributed by atoms with Gasteiger partial charge in [0.1, 0.15) is 36.6 Å². The van der Waals surface area contributed by atoms with E-state index in [1.165, 1.54) is 57.6 Å². The Morgan fingerprint density at radius 3 is 1.89 bits per heavy atom. The lowest BCUT2D eigenvalue weighted by atomic mass is 9.99. The molecule has 11 heteroatoms. The average molecular weight is 542 g/mol. The monoisotopic (exact) mass is 541 g/mol. The topological polar surface area (TPSA) is 169 Å². The fourth-order valence-electron chi connectivity index (χ4n) is 4.43. The predicted octanol–water partition coefficient (Wildman–Crippen LogP) is 1.28. The third-order valence-corrected chi connectivity index (χ3v) is 7.35. The maximum atomic E-state index is 11.7. The molecule has 1 aliphatic heterocycles. The molecule has 6 unspecified atom stereocenters. The van der Waals surface area contributed by atoms with E-state index >= 15 is 0 Å². The summed E-state index contributed by atoms with van der Waals surface area (Å²) in [5.74, 6) is 0. The van der Waals surface area contributed by atoms with Crippen molar-refractivity contribution in [3.05, 3.63) is 0 Å². The minimum atomic E-state index is -2.00. The summed E-state index contributed by atoms with van der Waals surface area (Å²) in [6, 6.07) is -1.04. The molecule has 0 aliphatic carbocycles. The normalized spacial score (nSPS) is 28.2. The number of aliphatic hydroxyl groups is 6. The van der Waals surface area contributed by atoms with Gasteiger partial charge in [-0.15, -0.1) is 0 Å². The molecule has 9 atom stereocenters. The van der Waals surface area contributed by atoms with Crippen LogP contribution in [0.4, 0.5) is 0 Å². The van der Waals surface area contributed by atoms with Crippen LogP contribution in [-0.2, 0) is 20.1 Å². The van der Waals surface area contributed by atoms with Gasteiger partial charge in [0.05, 0.1) is 19.3 Å². The van der Waals surface area contributed by atoms with E-state index in [1.54, 1.807) is 0 Å². The molecule has 1 rings (SSSR count). The molecular formula is C25H51NO9S. The zero-order valence-corrected chi connectivity index (χ0v) is 22.9. The summed E-state index contributed by atoms with van der Waals surface area (Å²) in [6.45, 7) is 1.29. The van der Waals surface area contributed by atoms with E-state index < -0.39 is 66.2 Å². The van der Waals surface area contributed by atoms with Gasteiger partial charge in [-0.3, -0.25) is 4.21 Å². The zero-order valence-electron chi connectivity index (χ0n) is 22.0. The van der Waals surface area contributed by atoms with Gasteiger partial charge in [-0.05, 0) is 6.42 Å². The van der Waals surface area contributed by atoms with Gasteiger partial charge in [0.2, 0.25) is 0 Å². The quantitative estimate of drug-likeness (QED) is 0.0886. The van der Waals surface area contributed by atoms with Crippen molar-refractivity contribution in [2.45, 2.75) is 139 Å². The largest absolute Gasteiger partial charge is 0.394 e. The first-order chi connectivity index (χ1) is 17.2. The maximum absolute atomic E-state index is 11.7. The van der Waals surface area contributed by atoms with Crippen molar-refractivity contribution in [1.82, 2.24) is 0 Å². The molecule has 6 N–H and O–H groups in total. The van der Waals surface area contributed by atoms with Crippen LogP contribution in [0.5, 0.6) is 0 Å². The van der Waals surface area contributed by atoms with Crippen molar-refractivity contribution >= 4 is 10.6 Å². The van der Waals surface area contributed by atoms with E-state index in [0.29, 0.717) is 6.42 Å². The number of unbranched alkanes of at least 4 members (excludes halogenated alkanes) is 11. The first kappa shape index (κ1) is 33.7. The molecule has 216 valence electrons. The van der Waals surface area contributed by atoms with Crippen LogP contribution in [0.15, 0.2) is 4.36 Å². The van der Waals surface area contributed by atoms with E-state index in [0.717, 1.165) is 25.7 Å². The Morgan fingerprint density at radius 2 is 1.39 bits per heavy atom. The van der Waals surface area contributed by atoms with Gasteiger partial charge in [-0.1, -0.05) is 84.0 Å². The van der Waals surface area contributed by atoms with Crippen molar-refractivity contribution in [1.29, 1.82) is 0 Å². The first-order valence-corrected chi connectivity index (χ1v) is 15.3. The molecule has 1 aliphatic rings. The van der Waals surface area contributed by atoms with E-state index in [9.17, 15) is 34.8 Å². The Morgan fingerprint density at radius 1 is 0.861 bits per heavy atom. The summed E-state index contributed by atoms with van der Waals surface area (Å²) in [5, 5.41) is 60.2. The van der Waals surface area contributed by atoms with Crippen LogP contribution < -0.4 is 0 Å². The highest BCUT2D eigenvalue weighted by Gasteiger charge is 2.44.